The van der Waals surface area contributed by atoms with Crippen molar-refractivity contribution >= 4 is 27.5 Å². The average Bonchev–Trinajstić information content (AvgIpc) is 3.00. The van der Waals surface area contributed by atoms with Crippen molar-refractivity contribution in [1.82, 2.24) is 4.57 Å². The third-order valence-electron chi connectivity index (χ3n) is 4.29. The van der Waals surface area contributed by atoms with E-state index in [2.05, 4.69) is 41.6 Å². The van der Waals surface area contributed by atoms with Gasteiger partial charge in [0, 0.05) is 6.54 Å². The summed E-state index contributed by atoms with van der Waals surface area (Å²) in [5.74, 6) is 0.696. The molecular weight excluding hydrogens is 344 g/mol. The molecule has 0 N–H and O–H groups in total. The highest BCUT2D eigenvalue weighted by Crippen LogP contribution is 2.22. The van der Waals surface area contributed by atoms with Crippen LogP contribution in [0.4, 0.5) is 0 Å². The van der Waals surface area contributed by atoms with Crippen LogP contribution in [0.25, 0.3) is 10.2 Å². The fourth-order valence-electron chi connectivity index (χ4n) is 3.06. The van der Waals surface area contributed by atoms with Crippen LogP contribution < -0.4 is 9.54 Å². The lowest BCUT2D eigenvalue weighted by molar-refractivity contribution is -0.117. The van der Waals surface area contributed by atoms with Crippen LogP contribution in [0.1, 0.15) is 31.9 Å². The molecule has 1 aromatic heterocycles. The van der Waals surface area contributed by atoms with E-state index in [1.165, 1.54) is 15.8 Å². The van der Waals surface area contributed by atoms with Gasteiger partial charge in [-0.05, 0) is 49.6 Å². The quantitative estimate of drug-likeness (QED) is 0.649. The predicted molar refractivity (Wildman–Crippen MR) is 107 cm³/mol. The highest BCUT2D eigenvalue weighted by Gasteiger charge is 2.10. The van der Waals surface area contributed by atoms with E-state index in [-0.39, 0.29) is 5.91 Å². The van der Waals surface area contributed by atoms with E-state index in [9.17, 15) is 4.79 Å². The molecule has 0 aliphatic heterocycles. The normalized spacial score (nSPS) is 11.9. The van der Waals surface area contributed by atoms with Crippen LogP contribution in [0.15, 0.2) is 47.5 Å². The highest BCUT2D eigenvalue weighted by molar-refractivity contribution is 7.16. The molecule has 5 heteroatoms. The molecule has 0 radical (unpaired) electrons. The topological polar surface area (TPSA) is 43.6 Å². The third-order valence-corrected chi connectivity index (χ3v) is 5.34. The van der Waals surface area contributed by atoms with E-state index in [0.717, 1.165) is 29.1 Å². The van der Waals surface area contributed by atoms with E-state index < -0.39 is 0 Å². The van der Waals surface area contributed by atoms with Gasteiger partial charge in [0.15, 0.2) is 4.80 Å². The Bertz CT molecular complexity index is 968. The van der Waals surface area contributed by atoms with Crippen LogP contribution in [0.3, 0.4) is 0 Å². The summed E-state index contributed by atoms with van der Waals surface area (Å²) in [6.07, 6.45) is 1.26. The molecule has 0 aliphatic rings. The van der Waals surface area contributed by atoms with Crippen molar-refractivity contribution < 1.29 is 9.53 Å². The molecule has 1 heterocycles. The van der Waals surface area contributed by atoms with E-state index >= 15 is 0 Å². The zero-order valence-corrected chi connectivity index (χ0v) is 16.3. The summed E-state index contributed by atoms with van der Waals surface area (Å²) in [6.45, 7) is 7.63. The smallest absolute Gasteiger partial charge is 0.252 e. The van der Waals surface area contributed by atoms with Gasteiger partial charge in [0.25, 0.3) is 5.91 Å². The Labute approximate surface area is 157 Å². The molecule has 0 spiro atoms. The molecule has 136 valence electrons. The summed E-state index contributed by atoms with van der Waals surface area (Å²) in [5, 5.41) is 0. The molecule has 0 atom stereocenters. The summed E-state index contributed by atoms with van der Waals surface area (Å²) in [6, 6.07) is 14.0. The number of nitrogens with zero attached hydrogens (tertiary/aromatic N) is 2. The van der Waals surface area contributed by atoms with E-state index in [4.69, 9.17) is 4.74 Å². The van der Waals surface area contributed by atoms with Crippen LogP contribution in [0.2, 0.25) is 0 Å². The number of carbonyl (C=O) groups is 1. The third kappa shape index (κ3) is 3.88. The lowest BCUT2D eigenvalue weighted by atomic mass is 10.1. The maximum Gasteiger partial charge on any atom is 0.252 e. The van der Waals surface area contributed by atoms with Gasteiger partial charge < -0.3 is 9.30 Å². The van der Waals surface area contributed by atoms with Gasteiger partial charge in [0.1, 0.15) is 5.75 Å². The predicted octanol–water partition coefficient (Wildman–Crippen LogP) is 4.35. The Hall–Kier alpha value is -2.40. The number of carbonyl (C=O) groups excluding carboxylic acids is 1. The number of aromatic nitrogens is 1. The Balaban J connectivity index is 1.90. The number of benzene rings is 2. The zero-order chi connectivity index (χ0) is 18.5. The second kappa shape index (κ2) is 8.32. The van der Waals surface area contributed by atoms with Crippen molar-refractivity contribution in [2.45, 2.75) is 40.2 Å². The van der Waals surface area contributed by atoms with Gasteiger partial charge in [-0.3, -0.25) is 4.79 Å². The lowest BCUT2D eigenvalue weighted by Crippen LogP contribution is -2.17. The minimum Gasteiger partial charge on any atom is -0.494 e. The maximum absolute atomic E-state index is 12.5. The van der Waals surface area contributed by atoms with Crippen molar-refractivity contribution in [1.29, 1.82) is 0 Å². The number of aryl methyl sites for hydroxylation is 2. The van der Waals surface area contributed by atoms with Crippen LogP contribution >= 0.6 is 11.3 Å². The molecule has 1 amide bonds. The summed E-state index contributed by atoms with van der Waals surface area (Å²) in [5.41, 5.74) is 3.44. The van der Waals surface area contributed by atoms with Crippen LogP contribution in [-0.2, 0) is 24.2 Å². The first-order chi connectivity index (χ1) is 12.7. The summed E-state index contributed by atoms with van der Waals surface area (Å²) in [4.78, 5) is 17.7. The minimum absolute atomic E-state index is 0.124. The van der Waals surface area contributed by atoms with Crippen molar-refractivity contribution in [2.75, 3.05) is 6.61 Å². The van der Waals surface area contributed by atoms with Crippen LogP contribution in [-0.4, -0.2) is 17.1 Å². The molecule has 3 aromatic rings. The SMILES string of the molecule is CCOc1ccc(CC(=O)N=c2sc3cccc(CC)c3n2CC)cc1. The highest BCUT2D eigenvalue weighted by atomic mass is 32.1. The Morgan fingerprint density at radius 3 is 2.54 bits per heavy atom. The number of hydrogen-bond acceptors (Lipinski definition) is 3. The van der Waals surface area contributed by atoms with E-state index in [1.807, 2.05) is 31.2 Å². The molecule has 0 saturated carbocycles. The number of ether oxygens (including phenoxy) is 1. The zero-order valence-electron chi connectivity index (χ0n) is 15.5. The van der Waals surface area contributed by atoms with E-state index in [0.29, 0.717) is 13.0 Å². The molecule has 2 aromatic carbocycles. The van der Waals surface area contributed by atoms with Gasteiger partial charge in [-0.2, -0.15) is 4.99 Å². The first-order valence-electron chi connectivity index (χ1n) is 9.06. The van der Waals surface area contributed by atoms with Gasteiger partial charge in [-0.15, -0.1) is 0 Å². The van der Waals surface area contributed by atoms with Gasteiger partial charge in [0.2, 0.25) is 0 Å². The molecule has 0 fully saturated rings. The largest absolute Gasteiger partial charge is 0.494 e. The first-order valence-corrected chi connectivity index (χ1v) is 9.88. The fourth-order valence-corrected chi connectivity index (χ4v) is 4.22. The number of rotatable bonds is 6. The molecule has 3 rings (SSSR count). The second-order valence-corrected chi connectivity index (χ2v) is 7.01. The molecule has 0 saturated heterocycles. The molecule has 0 aliphatic carbocycles. The van der Waals surface area contributed by atoms with Gasteiger partial charge in [0.05, 0.1) is 23.2 Å². The Morgan fingerprint density at radius 2 is 1.88 bits per heavy atom. The number of thiazole rings is 1. The fraction of sp³-hybridized carbons (Fsp3) is 0.333. The van der Waals surface area contributed by atoms with Crippen LogP contribution in [0.5, 0.6) is 5.75 Å². The molecule has 0 bridgehead atoms. The van der Waals surface area contributed by atoms with Gasteiger partial charge in [-0.25, -0.2) is 0 Å². The summed E-state index contributed by atoms with van der Waals surface area (Å²) >= 11 is 1.58. The molecule has 26 heavy (non-hydrogen) atoms. The van der Waals surface area contributed by atoms with Gasteiger partial charge >= 0.3 is 0 Å². The minimum atomic E-state index is -0.124. The summed E-state index contributed by atoms with van der Waals surface area (Å²) < 4.78 is 8.76. The lowest BCUT2D eigenvalue weighted by Gasteiger charge is -2.05. The second-order valence-electron chi connectivity index (χ2n) is 6.01. The first kappa shape index (κ1) is 18.4. The van der Waals surface area contributed by atoms with Crippen LogP contribution in [0, 0.1) is 0 Å². The molecule has 4 nitrogen and oxygen atoms in total. The van der Waals surface area contributed by atoms with Gasteiger partial charge in [-0.1, -0.05) is 42.5 Å². The standard InChI is InChI=1S/C21H24N2O2S/c1-4-16-8-7-9-18-20(16)23(5-2)21(26-18)22-19(24)14-15-10-12-17(13-11-15)25-6-3/h7-13H,4-6,14H2,1-3H3. The molecular formula is C21H24N2O2S. The average molecular weight is 369 g/mol. The number of para-hydroxylation sites is 1. The van der Waals surface area contributed by atoms with Crippen molar-refractivity contribution in [3.63, 3.8) is 0 Å². The molecule has 0 unspecified atom stereocenters. The van der Waals surface area contributed by atoms with Crippen molar-refractivity contribution in [3.05, 3.63) is 58.4 Å². The number of amides is 1. The Kier molecular flexibility index (Phi) is 5.89. The van der Waals surface area contributed by atoms with Crippen molar-refractivity contribution in [3.8, 4) is 5.75 Å². The number of hydrogen-bond donors (Lipinski definition) is 0. The van der Waals surface area contributed by atoms with E-state index in [1.54, 1.807) is 11.3 Å². The Morgan fingerprint density at radius 1 is 1.12 bits per heavy atom. The number of fused-ring (bicyclic) bond motifs is 1. The van der Waals surface area contributed by atoms with Crippen molar-refractivity contribution in [2.24, 2.45) is 4.99 Å². The maximum atomic E-state index is 12.5. The summed E-state index contributed by atoms with van der Waals surface area (Å²) in [7, 11) is 0. The monoisotopic (exact) mass is 368 g/mol.